The molecule has 0 aromatic heterocycles. The summed E-state index contributed by atoms with van der Waals surface area (Å²) in [6.07, 6.45) is 2.87. The Morgan fingerprint density at radius 3 is 2.89 bits per heavy atom. The number of ether oxygens (including phenoxy) is 1. The Morgan fingerprint density at radius 2 is 2.28 bits per heavy atom. The highest BCUT2D eigenvalue weighted by Gasteiger charge is 2.23. The smallest absolute Gasteiger partial charge is 0.306 e. The van der Waals surface area contributed by atoms with Crippen molar-refractivity contribution in [1.29, 1.82) is 0 Å². The molecule has 2 rings (SSSR count). The van der Waals surface area contributed by atoms with E-state index in [-0.39, 0.29) is 0 Å². The van der Waals surface area contributed by atoms with Gasteiger partial charge in [0.1, 0.15) is 5.75 Å². The van der Waals surface area contributed by atoms with Crippen LogP contribution in [0.25, 0.3) is 0 Å². The van der Waals surface area contributed by atoms with Crippen LogP contribution in [0.2, 0.25) is 5.02 Å². The molecule has 1 fully saturated rings. The molecule has 1 saturated carbocycles. The van der Waals surface area contributed by atoms with E-state index in [1.54, 1.807) is 13.0 Å². The lowest BCUT2D eigenvalue weighted by Crippen LogP contribution is -2.13. The number of aliphatic carboxylic acids is 1. The van der Waals surface area contributed by atoms with E-state index in [0.717, 1.165) is 5.56 Å². The lowest BCUT2D eigenvalue weighted by Gasteiger charge is -2.14. The molecule has 0 aliphatic heterocycles. The molecule has 1 N–H and O–H groups in total. The fourth-order valence-electron chi connectivity index (χ4n) is 1.78. The molecule has 1 aromatic carbocycles. The number of rotatable bonds is 6. The third kappa shape index (κ3) is 3.39. The van der Waals surface area contributed by atoms with E-state index in [2.05, 4.69) is 0 Å². The second kappa shape index (κ2) is 5.61. The van der Waals surface area contributed by atoms with Gasteiger partial charge in [-0.3, -0.25) is 4.79 Å². The van der Waals surface area contributed by atoms with Crippen LogP contribution in [0.5, 0.6) is 5.75 Å². The lowest BCUT2D eigenvalue weighted by molar-refractivity contribution is -0.141. The highest BCUT2D eigenvalue weighted by atomic mass is 35.5. The van der Waals surface area contributed by atoms with E-state index in [0.29, 0.717) is 29.7 Å². The number of benzene rings is 1. The average molecular weight is 269 g/mol. The van der Waals surface area contributed by atoms with Gasteiger partial charge in [0.2, 0.25) is 0 Å². The van der Waals surface area contributed by atoms with E-state index >= 15 is 0 Å². The van der Waals surface area contributed by atoms with Gasteiger partial charge in [-0.2, -0.15) is 0 Å². The predicted molar refractivity (Wildman–Crippen MR) is 70.2 cm³/mol. The van der Waals surface area contributed by atoms with Gasteiger partial charge in [0.25, 0.3) is 0 Å². The van der Waals surface area contributed by atoms with Crippen LogP contribution in [-0.4, -0.2) is 17.7 Å². The molecule has 3 nitrogen and oxygen atoms in total. The molecule has 0 radical (unpaired) electrons. The third-order valence-corrected chi connectivity index (χ3v) is 3.45. The van der Waals surface area contributed by atoms with Gasteiger partial charge in [0, 0.05) is 0 Å². The number of para-hydroxylation sites is 1. The molecule has 1 aromatic rings. The van der Waals surface area contributed by atoms with Crippen molar-refractivity contribution in [3.8, 4) is 5.75 Å². The first-order valence-corrected chi connectivity index (χ1v) is 6.58. The molecule has 0 heterocycles. The van der Waals surface area contributed by atoms with Crippen LogP contribution in [0.3, 0.4) is 0 Å². The normalized spacial score (nSPS) is 16.3. The first-order chi connectivity index (χ1) is 8.58. The molecule has 1 atom stereocenters. The van der Waals surface area contributed by atoms with Crippen LogP contribution in [0.1, 0.15) is 25.3 Å². The predicted octanol–water partition coefficient (Wildman–Crippen LogP) is 3.39. The summed E-state index contributed by atoms with van der Waals surface area (Å²) in [6.45, 7) is 2.37. The second-order valence-electron chi connectivity index (χ2n) is 4.93. The Kier molecular flexibility index (Phi) is 4.12. The van der Waals surface area contributed by atoms with Crippen LogP contribution in [0.15, 0.2) is 18.2 Å². The zero-order chi connectivity index (χ0) is 13.1. The summed E-state index contributed by atoms with van der Waals surface area (Å²) in [5, 5.41) is 9.52. The number of hydrogen-bond donors (Lipinski definition) is 1. The molecule has 1 aliphatic rings. The molecule has 98 valence electrons. The molecule has 0 spiro atoms. The zero-order valence-corrected chi connectivity index (χ0v) is 11.1. The van der Waals surface area contributed by atoms with Crippen molar-refractivity contribution >= 4 is 17.6 Å². The quantitative estimate of drug-likeness (QED) is 0.860. The molecule has 0 bridgehead atoms. The monoisotopic (exact) mass is 268 g/mol. The summed E-state index contributed by atoms with van der Waals surface area (Å²) in [6, 6.07) is 5.49. The molecular formula is C14H17ClO3. The SMILES string of the molecule is CC(Cc1cccc(Cl)c1OCC1CC1)C(=O)O. The number of hydrogen-bond acceptors (Lipinski definition) is 2. The molecule has 4 heteroatoms. The van der Waals surface area contributed by atoms with Crippen LogP contribution in [0, 0.1) is 11.8 Å². The van der Waals surface area contributed by atoms with Crippen molar-refractivity contribution in [3.05, 3.63) is 28.8 Å². The summed E-state index contributed by atoms with van der Waals surface area (Å²) in [5.41, 5.74) is 0.873. The molecule has 1 aliphatic carbocycles. The highest BCUT2D eigenvalue weighted by molar-refractivity contribution is 6.32. The summed E-state index contributed by atoms with van der Waals surface area (Å²) in [4.78, 5) is 10.9. The van der Waals surface area contributed by atoms with E-state index in [4.69, 9.17) is 21.4 Å². The minimum atomic E-state index is -0.803. The maximum absolute atomic E-state index is 10.9. The van der Waals surface area contributed by atoms with Gasteiger partial charge < -0.3 is 9.84 Å². The van der Waals surface area contributed by atoms with Gasteiger partial charge in [-0.15, -0.1) is 0 Å². The minimum Gasteiger partial charge on any atom is -0.491 e. The maximum Gasteiger partial charge on any atom is 0.306 e. The fraction of sp³-hybridized carbons (Fsp3) is 0.500. The van der Waals surface area contributed by atoms with Gasteiger partial charge >= 0.3 is 5.97 Å². The molecule has 18 heavy (non-hydrogen) atoms. The lowest BCUT2D eigenvalue weighted by atomic mass is 10.0. The molecule has 0 saturated heterocycles. The van der Waals surface area contributed by atoms with Gasteiger partial charge in [-0.05, 0) is 36.8 Å². The summed E-state index contributed by atoms with van der Waals surface area (Å²) in [7, 11) is 0. The van der Waals surface area contributed by atoms with Crippen molar-refractivity contribution in [2.45, 2.75) is 26.2 Å². The summed E-state index contributed by atoms with van der Waals surface area (Å²) >= 11 is 6.12. The summed E-state index contributed by atoms with van der Waals surface area (Å²) in [5.74, 6) is 0.0556. The van der Waals surface area contributed by atoms with Crippen molar-refractivity contribution in [2.75, 3.05) is 6.61 Å². The second-order valence-corrected chi connectivity index (χ2v) is 5.33. The minimum absolute atomic E-state index is 0.438. The highest BCUT2D eigenvalue weighted by Crippen LogP contribution is 2.34. The Hall–Kier alpha value is -1.22. The largest absolute Gasteiger partial charge is 0.491 e. The Balaban J connectivity index is 2.11. The van der Waals surface area contributed by atoms with Crippen molar-refractivity contribution in [3.63, 3.8) is 0 Å². The topological polar surface area (TPSA) is 46.5 Å². The molecular weight excluding hydrogens is 252 g/mol. The van der Waals surface area contributed by atoms with E-state index in [1.807, 2.05) is 12.1 Å². The maximum atomic E-state index is 10.9. The summed E-state index contributed by atoms with van der Waals surface area (Å²) < 4.78 is 5.75. The van der Waals surface area contributed by atoms with Crippen LogP contribution in [-0.2, 0) is 11.2 Å². The van der Waals surface area contributed by atoms with Crippen molar-refractivity contribution in [1.82, 2.24) is 0 Å². The number of halogens is 1. The first kappa shape index (κ1) is 13.2. The van der Waals surface area contributed by atoms with E-state index < -0.39 is 11.9 Å². The Morgan fingerprint density at radius 1 is 1.56 bits per heavy atom. The number of carboxylic acid groups (broad SMARTS) is 1. The van der Waals surface area contributed by atoms with Crippen molar-refractivity contribution in [2.24, 2.45) is 11.8 Å². The number of carboxylic acids is 1. The Labute approximate surface area is 112 Å². The first-order valence-electron chi connectivity index (χ1n) is 6.21. The molecule has 0 amide bonds. The van der Waals surface area contributed by atoms with Crippen molar-refractivity contribution < 1.29 is 14.6 Å². The van der Waals surface area contributed by atoms with Gasteiger partial charge in [-0.25, -0.2) is 0 Å². The zero-order valence-electron chi connectivity index (χ0n) is 10.4. The van der Waals surface area contributed by atoms with Gasteiger partial charge in [-0.1, -0.05) is 30.7 Å². The van der Waals surface area contributed by atoms with E-state index in [9.17, 15) is 4.79 Å². The Bertz CT molecular complexity index is 441. The van der Waals surface area contributed by atoms with Crippen LogP contribution < -0.4 is 4.74 Å². The van der Waals surface area contributed by atoms with Crippen LogP contribution >= 0.6 is 11.6 Å². The fourth-order valence-corrected chi connectivity index (χ4v) is 2.03. The van der Waals surface area contributed by atoms with Gasteiger partial charge in [0.05, 0.1) is 17.5 Å². The number of carbonyl (C=O) groups is 1. The van der Waals surface area contributed by atoms with Crippen LogP contribution in [0.4, 0.5) is 0 Å². The van der Waals surface area contributed by atoms with E-state index in [1.165, 1.54) is 12.8 Å². The molecule has 1 unspecified atom stereocenters. The third-order valence-electron chi connectivity index (χ3n) is 3.16. The standard InChI is InChI=1S/C14H17ClO3/c1-9(14(16)17)7-11-3-2-4-12(15)13(11)18-8-10-5-6-10/h2-4,9-10H,5-8H2,1H3,(H,16,17). The van der Waals surface area contributed by atoms with Gasteiger partial charge in [0.15, 0.2) is 0 Å². The average Bonchev–Trinajstić information content (AvgIpc) is 3.12.